The number of hydrogen-bond acceptors (Lipinski definition) is 5. The van der Waals surface area contributed by atoms with E-state index < -0.39 is 0 Å². The predicted octanol–water partition coefficient (Wildman–Crippen LogP) is 5.61. The highest BCUT2D eigenvalue weighted by molar-refractivity contribution is 5.90. The Hall–Kier alpha value is -2.52. The van der Waals surface area contributed by atoms with Gasteiger partial charge in [0.25, 0.3) is 0 Å². The third-order valence-electron chi connectivity index (χ3n) is 5.63. The Balaban J connectivity index is 0.00000544. The van der Waals surface area contributed by atoms with Gasteiger partial charge in [-0.2, -0.15) is 5.26 Å². The van der Waals surface area contributed by atoms with Gasteiger partial charge >= 0.3 is 0 Å². The number of allylic oxidation sites excluding steroid dienone is 1. The molecule has 0 amide bonds. The third kappa shape index (κ3) is 9.47. The molecule has 0 aliphatic heterocycles. The summed E-state index contributed by atoms with van der Waals surface area (Å²) in [6.45, 7) is 15.7. The molecule has 0 saturated carbocycles. The van der Waals surface area contributed by atoms with Crippen molar-refractivity contribution in [3.05, 3.63) is 59.7 Å². The average molecular weight is 472 g/mol. The molecule has 0 radical (unpaired) electrons. The number of ether oxygens (including phenoxy) is 2. The molecule has 5 nitrogen and oxygen atoms in total. The molecule has 0 fully saturated rings. The molecule has 0 bridgehead atoms. The van der Waals surface area contributed by atoms with E-state index in [1.807, 2.05) is 54.6 Å². The van der Waals surface area contributed by atoms with Crippen LogP contribution in [0.4, 0.5) is 0 Å². The molecule has 0 N–H and O–H groups in total. The number of halogens is 1. The summed E-state index contributed by atoms with van der Waals surface area (Å²) in [5, 5.41) is 9.77. The van der Waals surface area contributed by atoms with Crippen LogP contribution in [-0.4, -0.2) is 62.3 Å². The minimum atomic E-state index is 0. The standard InChI is InChI=1S/C27H37N3O2.ClH/c1-5-29(6-2)17-19-31-26-15-13-23(14-16-26)25(22-28)21-24-11-9-10-12-27(24)32-20-18-30(7-3)8-4;/h9-16,21H,5-8,17-20H2,1-4H3;1H/b25-21+;. The lowest BCUT2D eigenvalue weighted by Crippen LogP contribution is -2.27. The van der Waals surface area contributed by atoms with Gasteiger partial charge in [0.1, 0.15) is 24.7 Å². The Bertz CT molecular complexity index is 870. The van der Waals surface area contributed by atoms with E-state index in [-0.39, 0.29) is 12.4 Å². The minimum absolute atomic E-state index is 0. The molecular weight excluding hydrogens is 434 g/mol. The highest BCUT2D eigenvalue weighted by Crippen LogP contribution is 2.25. The molecule has 0 atom stereocenters. The maximum absolute atomic E-state index is 9.77. The van der Waals surface area contributed by atoms with Crippen LogP contribution in [0, 0.1) is 11.3 Å². The van der Waals surface area contributed by atoms with Crippen molar-refractivity contribution in [1.82, 2.24) is 9.80 Å². The van der Waals surface area contributed by atoms with Crippen molar-refractivity contribution in [3.8, 4) is 17.6 Å². The first kappa shape index (κ1) is 28.5. The van der Waals surface area contributed by atoms with Gasteiger partial charge in [0.2, 0.25) is 0 Å². The lowest BCUT2D eigenvalue weighted by molar-refractivity contribution is 0.222. The lowest BCUT2D eigenvalue weighted by atomic mass is 10.0. The van der Waals surface area contributed by atoms with Crippen LogP contribution in [-0.2, 0) is 0 Å². The van der Waals surface area contributed by atoms with Crippen LogP contribution in [0.2, 0.25) is 0 Å². The van der Waals surface area contributed by atoms with Crippen molar-refractivity contribution in [3.63, 3.8) is 0 Å². The van der Waals surface area contributed by atoms with Crippen molar-refractivity contribution in [2.45, 2.75) is 27.7 Å². The Labute approximate surface area is 206 Å². The molecule has 6 heteroatoms. The van der Waals surface area contributed by atoms with Crippen LogP contribution in [0.5, 0.6) is 11.5 Å². The number of benzene rings is 2. The molecule has 0 aliphatic carbocycles. The van der Waals surface area contributed by atoms with Crippen molar-refractivity contribution in [2.75, 3.05) is 52.5 Å². The molecule has 2 aromatic carbocycles. The number of likely N-dealkylation sites (N-methyl/N-ethyl adjacent to an activating group) is 2. The molecule has 0 saturated heterocycles. The predicted molar refractivity (Wildman–Crippen MR) is 140 cm³/mol. The zero-order chi connectivity index (χ0) is 23.2. The highest BCUT2D eigenvalue weighted by atomic mass is 35.5. The van der Waals surface area contributed by atoms with E-state index in [4.69, 9.17) is 9.47 Å². The minimum Gasteiger partial charge on any atom is -0.492 e. The number of rotatable bonds is 14. The van der Waals surface area contributed by atoms with Gasteiger partial charge in [-0.25, -0.2) is 0 Å². The van der Waals surface area contributed by atoms with E-state index in [1.165, 1.54) is 0 Å². The number of para-hydroxylation sites is 1. The molecule has 2 aromatic rings. The SMILES string of the molecule is CCN(CC)CCOc1ccc(/C(C#N)=C/c2ccccc2OCCN(CC)CC)cc1.Cl. The molecule has 0 aliphatic rings. The van der Waals surface area contributed by atoms with Gasteiger partial charge in [-0.3, -0.25) is 0 Å². The zero-order valence-electron chi connectivity index (χ0n) is 20.4. The summed E-state index contributed by atoms with van der Waals surface area (Å²) in [4.78, 5) is 4.65. The van der Waals surface area contributed by atoms with E-state index in [0.29, 0.717) is 18.8 Å². The van der Waals surface area contributed by atoms with Crippen LogP contribution in [0.1, 0.15) is 38.8 Å². The first-order valence-corrected chi connectivity index (χ1v) is 11.7. The van der Waals surface area contributed by atoms with Crippen LogP contribution in [0.15, 0.2) is 48.5 Å². The summed E-state index contributed by atoms with van der Waals surface area (Å²) in [5.41, 5.74) is 2.36. The fraction of sp³-hybridized carbons (Fsp3) is 0.444. The molecule has 0 unspecified atom stereocenters. The first-order valence-electron chi connectivity index (χ1n) is 11.7. The fourth-order valence-corrected chi connectivity index (χ4v) is 3.45. The summed E-state index contributed by atoms with van der Waals surface area (Å²) in [6, 6.07) is 17.9. The second-order valence-electron chi connectivity index (χ2n) is 7.48. The van der Waals surface area contributed by atoms with E-state index >= 15 is 0 Å². The topological polar surface area (TPSA) is 48.7 Å². The Morgan fingerprint density at radius 2 is 1.36 bits per heavy atom. The summed E-state index contributed by atoms with van der Waals surface area (Å²) in [6.07, 6.45) is 1.89. The Morgan fingerprint density at radius 3 is 1.91 bits per heavy atom. The maximum Gasteiger partial charge on any atom is 0.126 e. The summed E-state index contributed by atoms with van der Waals surface area (Å²) in [5.74, 6) is 1.61. The molecule has 2 rings (SSSR count). The molecule has 0 aromatic heterocycles. The van der Waals surface area contributed by atoms with Crippen LogP contribution < -0.4 is 9.47 Å². The van der Waals surface area contributed by atoms with Gasteiger partial charge in [-0.05, 0) is 68.2 Å². The van der Waals surface area contributed by atoms with Gasteiger partial charge in [-0.15, -0.1) is 12.4 Å². The van der Waals surface area contributed by atoms with Crippen molar-refractivity contribution >= 4 is 24.1 Å². The number of nitriles is 1. The van der Waals surface area contributed by atoms with Crippen LogP contribution >= 0.6 is 12.4 Å². The Kier molecular flexibility index (Phi) is 14.0. The van der Waals surface area contributed by atoms with Crippen molar-refractivity contribution in [1.29, 1.82) is 5.26 Å². The van der Waals surface area contributed by atoms with E-state index in [1.54, 1.807) is 0 Å². The number of nitrogens with zero attached hydrogens (tertiary/aromatic N) is 3. The zero-order valence-corrected chi connectivity index (χ0v) is 21.2. The lowest BCUT2D eigenvalue weighted by Gasteiger charge is -2.18. The van der Waals surface area contributed by atoms with E-state index in [9.17, 15) is 5.26 Å². The van der Waals surface area contributed by atoms with Gasteiger partial charge in [0.05, 0.1) is 11.6 Å². The van der Waals surface area contributed by atoms with E-state index in [2.05, 4.69) is 43.6 Å². The van der Waals surface area contributed by atoms with Gasteiger partial charge in [0, 0.05) is 18.7 Å². The quantitative estimate of drug-likeness (QED) is 0.264. The van der Waals surface area contributed by atoms with Gasteiger partial charge < -0.3 is 19.3 Å². The van der Waals surface area contributed by atoms with Crippen LogP contribution in [0.3, 0.4) is 0 Å². The smallest absolute Gasteiger partial charge is 0.126 e. The van der Waals surface area contributed by atoms with Gasteiger partial charge in [-0.1, -0.05) is 45.9 Å². The largest absolute Gasteiger partial charge is 0.492 e. The molecule has 180 valence electrons. The highest BCUT2D eigenvalue weighted by Gasteiger charge is 2.07. The van der Waals surface area contributed by atoms with Crippen molar-refractivity contribution in [2.24, 2.45) is 0 Å². The third-order valence-corrected chi connectivity index (χ3v) is 5.63. The summed E-state index contributed by atoms with van der Waals surface area (Å²) in [7, 11) is 0. The monoisotopic (exact) mass is 471 g/mol. The van der Waals surface area contributed by atoms with Crippen molar-refractivity contribution < 1.29 is 9.47 Å². The van der Waals surface area contributed by atoms with E-state index in [0.717, 1.165) is 61.9 Å². The second kappa shape index (κ2) is 16.1. The molecule has 0 spiro atoms. The average Bonchev–Trinajstić information content (AvgIpc) is 2.84. The Morgan fingerprint density at radius 1 is 0.818 bits per heavy atom. The second-order valence-corrected chi connectivity index (χ2v) is 7.48. The normalized spacial score (nSPS) is 11.2. The molecular formula is C27H38ClN3O2. The van der Waals surface area contributed by atoms with Crippen LogP contribution in [0.25, 0.3) is 11.6 Å². The first-order chi connectivity index (χ1) is 15.6. The summed E-state index contributed by atoms with van der Waals surface area (Å²) < 4.78 is 11.9. The molecule has 0 heterocycles. The number of hydrogen-bond donors (Lipinski definition) is 0. The fourth-order valence-electron chi connectivity index (χ4n) is 3.45. The molecule has 33 heavy (non-hydrogen) atoms. The maximum atomic E-state index is 9.77. The summed E-state index contributed by atoms with van der Waals surface area (Å²) >= 11 is 0. The van der Waals surface area contributed by atoms with Gasteiger partial charge in [0.15, 0.2) is 0 Å².